The van der Waals surface area contributed by atoms with Crippen molar-refractivity contribution in [3.63, 3.8) is 0 Å². The van der Waals surface area contributed by atoms with Gasteiger partial charge in [0.1, 0.15) is 0 Å². The SMILES string of the molecule is CC1CNCCC1NC(=O)CCC1C[C@@]2(CCF)CCC[C@@](c3ccccc3)(C1)C2. The summed E-state index contributed by atoms with van der Waals surface area (Å²) >= 11 is 0. The van der Waals surface area contributed by atoms with E-state index < -0.39 is 0 Å². The van der Waals surface area contributed by atoms with Gasteiger partial charge in [-0.05, 0) is 92.7 Å². The van der Waals surface area contributed by atoms with Crippen LogP contribution in [0.4, 0.5) is 4.39 Å². The number of benzene rings is 1. The fourth-order valence-corrected chi connectivity index (χ4v) is 7.00. The third-order valence-corrected chi connectivity index (χ3v) is 8.40. The molecule has 4 rings (SSSR count). The fourth-order valence-electron chi connectivity index (χ4n) is 7.00. The van der Waals surface area contributed by atoms with Crippen LogP contribution in [0.25, 0.3) is 0 Å². The number of alkyl halides is 1. The normalized spacial score (nSPS) is 36.3. The molecule has 3 fully saturated rings. The number of carbonyl (C=O) groups is 1. The van der Waals surface area contributed by atoms with Gasteiger partial charge in [0.05, 0.1) is 6.67 Å². The van der Waals surface area contributed by atoms with Crippen molar-refractivity contribution in [2.24, 2.45) is 17.3 Å². The highest BCUT2D eigenvalue weighted by atomic mass is 19.1. The predicted octanol–water partition coefficient (Wildman–Crippen LogP) is 5.15. The van der Waals surface area contributed by atoms with Crippen LogP contribution in [-0.2, 0) is 10.2 Å². The number of hydrogen-bond acceptors (Lipinski definition) is 2. The van der Waals surface area contributed by atoms with E-state index in [1.165, 1.54) is 18.4 Å². The Kier molecular flexibility index (Phi) is 6.81. The maximum atomic E-state index is 13.6. The van der Waals surface area contributed by atoms with E-state index >= 15 is 0 Å². The highest BCUT2D eigenvalue weighted by molar-refractivity contribution is 5.76. The maximum Gasteiger partial charge on any atom is 0.220 e. The monoisotopic (exact) mass is 414 g/mol. The third kappa shape index (κ3) is 4.74. The molecule has 4 heteroatoms. The van der Waals surface area contributed by atoms with E-state index in [9.17, 15) is 9.18 Å². The molecule has 0 spiro atoms. The van der Waals surface area contributed by atoms with Crippen molar-refractivity contribution < 1.29 is 9.18 Å². The van der Waals surface area contributed by atoms with Crippen LogP contribution >= 0.6 is 0 Å². The minimum Gasteiger partial charge on any atom is -0.353 e. The summed E-state index contributed by atoms with van der Waals surface area (Å²) in [6, 6.07) is 11.2. The molecule has 1 saturated heterocycles. The molecule has 5 atom stereocenters. The van der Waals surface area contributed by atoms with Gasteiger partial charge in [-0.3, -0.25) is 9.18 Å². The minimum atomic E-state index is -0.217. The number of amides is 1. The maximum absolute atomic E-state index is 13.6. The highest BCUT2D eigenvalue weighted by Gasteiger charge is 2.51. The van der Waals surface area contributed by atoms with Crippen molar-refractivity contribution in [3.05, 3.63) is 35.9 Å². The molecule has 2 aliphatic carbocycles. The summed E-state index contributed by atoms with van der Waals surface area (Å²) in [5.41, 5.74) is 1.74. The van der Waals surface area contributed by atoms with E-state index in [4.69, 9.17) is 0 Å². The first-order chi connectivity index (χ1) is 14.5. The second kappa shape index (κ2) is 9.38. The number of halogens is 1. The van der Waals surface area contributed by atoms with Gasteiger partial charge in [0.2, 0.25) is 5.91 Å². The van der Waals surface area contributed by atoms with Crippen molar-refractivity contribution >= 4 is 5.91 Å². The van der Waals surface area contributed by atoms with Crippen molar-refractivity contribution in [1.82, 2.24) is 10.6 Å². The lowest BCUT2D eigenvalue weighted by molar-refractivity contribution is -0.123. The summed E-state index contributed by atoms with van der Waals surface area (Å²) in [4.78, 5) is 12.7. The largest absolute Gasteiger partial charge is 0.353 e. The van der Waals surface area contributed by atoms with E-state index in [1.807, 2.05) is 0 Å². The van der Waals surface area contributed by atoms with Gasteiger partial charge in [-0.1, -0.05) is 43.7 Å². The molecular weight excluding hydrogens is 375 g/mol. The Hall–Kier alpha value is -1.42. The van der Waals surface area contributed by atoms with Gasteiger partial charge in [-0.2, -0.15) is 0 Å². The predicted molar refractivity (Wildman–Crippen MR) is 120 cm³/mol. The zero-order chi connectivity index (χ0) is 21.0. The van der Waals surface area contributed by atoms with Crippen LogP contribution in [0, 0.1) is 17.3 Å². The van der Waals surface area contributed by atoms with Crippen molar-refractivity contribution in [2.75, 3.05) is 19.8 Å². The molecular formula is C26H39FN2O. The van der Waals surface area contributed by atoms with E-state index in [0.717, 1.165) is 51.6 Å². The van der Waals surface area contributed by atoms with Gasteiger partial charge >= 0.3 is 0 Å². The lowest BCUT2D eigenvalue weighted by Gasteiger charge is -2.55. The van der Waals surface area contributed by atoms with Crippen LogP contribution in [0.3, 0.4) is 0 Å². The summed E-state index contributed by atoms with van der Waals surface area (Å²) in [6.07, 6.45) is 10.2. The Morgan fingerprint density at radius 3 is 2.83 bits per heavy atom. The molecule has 1 aromatic carbocycles. The summed E-state index contributed by atoms with van der Waals surface area (Å²) in [5.74, 6) is 1.21. The molecule has 0 aromatic heterocycles. The average Bonchev–Trinajstić information content (AvgIpc) is 2.74. The molecule has 3 nitrogen and oxygen atoms in total. The topological polar surface area (TPSA) is 41.1 Å². The summed E-state index contributed by atoms with van der Waals surface area (Å²) in [6.45, 7) is 3.97. The molecule has 2 saturated carbocycles. The van der Waals surface area contributed by atoms with Crippen LogP contribution in [-0.4, -0.2) is 31.7 Å². The zero-order valence-corrected chi connectivity index (χ0v) is 18.6. The fraction of sp³-hybridized carbons (Fsp3) is 0.731. The smallest absolute Gasteiger partial charge is 0.220 e. The number of hydrogen-bond donors (Lipinski definition) is 2. The van der Waals surface area contributed by atoms with Gasteiger partial charge in [0.25, 0.3) is 0 Å². The Morgan fingerprint density at radius 2 is 2.07 bits per heavy atom. The molecule has 2 N–H and O–H groups in total. The number of piperidine rings is 1. The van der Waals surface area contributed by atoms with Crippen LogP contribution in [0.5, 0.6) is 0 Å². The number of nitrogens with one attached hydrogen (secondary N) is 2. The Morgan fingerprint density at radius 1 is 1.23 bits per heavy atom. The third-order valence-electron chi connectivity index (χ3n) is 8.40. The van der Waals surface area contributed by atoms with E-state index in [2.05, 4.69) is 47.9 Å². The first kappa shape index (κ1) is 21.8. The van der Waals surface area contributed by atoms with Crippen LogP contribution in [0.15, 0.2) is 30.3 Å². The van der Waals surface area contributed by atoms with Gasteiger partial charge in [-0.25, -0.2) is 0 Å². The van der Waals surface area contributed by atoms with Crippen molar-refractivity contribution in [2.45, 2.75) is 82.6 Å². The number of carbonyl (C=O) groups excluding carboxylic acids is 1. The van der Waals surface area contributed by atoms with Crippen LogP contribution < -0.4 is 10.6 Å². The summed E-state index contributed by atoms with van der Waals surface area (Å²) in [7, 11) is 0. The van der Waals surface area contributed by atoms with Gasteiger partial charge < -0.3 is 10.6 Å². The van der Waals surface area contributed by atoms with Crippen molar-refractivity contribution in [3.8, 4) is 0 Å². The molecule has 3 unspecified atom stereocenters. The Labute approximate surface area is 181 Å². The standard InChI is InChI=1S/C26H39FN2O/c1-20-18-28-15-10-23(20)29-24(30)9-8-21-16-25(13-14-27)11-5-12-26(17-21,19-25)22-6-3-2-4-7-22/h2-4,6-7,20-21,23,28H,5,8-19H2,1H3,(H,29,30)/t20?,21?,23?,25-,26+/m0/s1. The van der Waals surface area contributed by atoms with Gasteiger partial charge in [-0.15, -0.1) is 0 Å². The van der Waals surface area contributed by atoms with Gasteiger partial charge in [0, 0.05) is 12.5 Å². The molecule has 166 valence electrons. The molecule has 3 aliphatic rings. The van der Waals surface area contributed by atoms with Crippen molar-refractivity contribution in [1.29, 1.82) is 0 Å². The highest BCUT2D eigenvalue weighted by Crippen LogP contribution is 2.60. The molecule has 0 radical (unpaired) electrons. The molecule has 1 aliphatic heterocycles. The lowest BCUT2D eigenvalue weighted by Crippen LogP contribution is -2.49. The number of fused-ring (bicyclic) bond motifs is 2. The second-order valence-electron chi connectivity index (χ2n) is 10.6. The lowest BCUT2D eigenvalue weighted by atomic mass is 9.49. The Bertz CT molecular complexity index is 706. The second-order valence-corrected chi connectivity index (χ2v) is 10.6. The molecule has 1 amide bonds. The minimum absolute atomic E-state index is 0.131. The zero-order valence-electron chi connectivity index (χ0n) is 18.6. The molecule has 30 heavy (non-hydrogen) atoms. The van der Waals surface area contributed by atoms with E-state index in [1.54, 1.807) is 0 Å². The molecule has 2 bridgehead atoms. The molecule has 1 heterocycles. The summed E-state index contributed by atoms with van der Waals surface area (Å²) in [5, 5.41) is 6.69. The Balaban J connectivity index is 1.43. The average molecular weight is 415 g/mol. The van der Waals surface area contributed by atoms with E-state index in [0.29, 0.717) is 30.7 Å². The first-order valence-electron chi connectivity index (χ1n) is 12.2. The first-order valence-corrected chi connectivity index (χ1v) is 12.2. The molecule has 1 aromatic rings. The number of rotatable bonds is 7. The van der Waals surface area contributed by atoms with Crippen LogP contribution in [0.1, 0.15) is 76.7 Å². The van der Waals surface area contributed by atoms with Gasteiger partial charge in [0.15, 0.2) is 0 Å². The quantitative estimate of drug-likeness (QED) is 0.648. The van der Waals surface area contributed by atoms with Crippen LogP contribution in [0.2, 0.25) is 0 Å². The summed E-state index contributed by atoms with van der Waals surface area (Å²) < 4.78 is 13.6. The van der Waals surface area contributed by atoms with E-state index in [-0.39, 0.29) is 23.4 Å².